The van der Waals surface area contributed by atoms with Gasteiger partial charge < -0.3 is 9.73 Å². The third-order valence-electron chi connectivity index (χ3n) is 2.67. The third-order valence-corrected chi connectivity index (χ3v) is 2.67. The van der Waals surface area contributed by atoms with E-state index in [0.717, 1.165) is 42.3 Å². The summed E-state index contributed by atoms with van der Waals surface area (Å²) in [6, 6.07) is 4.03. The van der Waals surface area contributed by atoms with Crippen molar-refractivity contribution in [2.75, 3.05) is 6.54 Å². The van der Waals surface area contributed by atoms with Crippen LogP contribution in [0.4, 0.5) is 0 Å². The van der Waals surface area contributed by atoms with Gasteiger partial charge in [-0.25, -0.2) is 0 Å². The van der Waals surface area contributed by atoms with Crippen LogP contribution in [0.5, 0.6) is 0 Å². The van der Waals surface area contributed by atoms with Gasteiger partial charge in [0.1, 0.15) is 11.5 Å². The maximum atomic E-state index is 5.79. The number of nitrogens with one attached hydrogen (secondary N) is 1. The molecule has 0 atom stereocenters. The van der Waals surface area contributed by atoms with E-state index in [-0.39, 0.29) is 0 Å². The normalized spacial score (nSPS) is 11.0. The molecule has 0 radical (unpaired) electrons. The van der Waals surface area contributed by atoms with Crippen LogP contribution < -0.4 is 5.32 Å². The van der Waals surface area contributed by atoms with E-state index >= 15 is 0 Å². The molecule has 0 bridgehead atoms. The van der Waals surface area contributed by atoms with Gasteiger partial charge >= 0.3 is 0 Å². The molecule has 92 valence electrons. The summed E-state index contributed by atoms with van der Waals surface area (Å²) < 4.78 is 7.60. The molecule has 4 nitrogen and oxygen atoms in total. The van der Waals surface area contributed by atoms with Crippen LogP contribution in [0.2, 0.25) is 0 Å². The zero-order valence-electron chi connectivity index (χ0n) is 10.7. The van der Waals surface area contributed by atoms with Crippen LogP contribution in [0.15, 0.2) is 22.7 Å². The molecular formula is C13H19N3O. The highest BCUT2D eigenvalue weighted by Gasteiger charge is 2.10. The van der Waals surface area contributed by atoms with Crippen LogP contribution in [-0.2, 0) is 13.6 Å². The number of hydrogen-bond donors (Lipinski definition) is 1. The summed E-state index contributed by atoms with van der Waals surface area (Å²) in [6.07, 6.45) is 3.12. The van der Waals surface area contributed by atoms with Gasteiger partial charge in [0.25, 0.3) is 0 Å². The van der Waals surface area contributed by atoms with E-state index in [1.54, 1.807) is 0 Å². The molecule has 2 rings (SSSR count). The van der Waals surface area contributed by atoms with Gasteiger partial charge in [0, 0.05) is 13.2 Å². The number of rotatable bonds is 5. The Kier molecular flexibility index (Phi) is 3.64. The summed E-state index contributed by atoms with van der Waals surface area (Å²) >= 11 is 0. The van der Waals surface area contributed by atoms with Crippen LogP contribution in [0.25, 0.3) is 11.3 Å². The van der Waals surface area contributed by atoms with Crippen molar-refractivity contribution < 1.29 is 4.42 Å². The minimum absolute atomic E-state index is 0.785. The lowest BCUT2D eigenvalue weighted by Crippen LogP contribution is -2.12. The Morgan fingerprint density at radius 3 is 2.88 bits per heavy atom. The van der Waals surface area contributed by atoms with Gasteiger partial charge in [0.05, 0.1) is 17.8 Å². The Hall–Kier alpha value is -1.55. The summed E-state index contributed by atoms with van der Waals surface area (Å²) in [6.45, 7) is 5.95. The van der Waals surface area contributed by atoms with Crippen LogP contribution in [-0.4, -0.2) is 16.3 Å². The van der Waals surface area contributed by atoms with Gasteiger partial charge in [-0.15, -0.1) is 0 Å². The fraction of sp³-hybridized carbons (Fsp3) is 0.462. The average Bonchev–Trinajstić information content (AvgIpc) is 2.86. The second-order valence-corrected chi connectivity index (χ2v) is 4.24. The van der Waals surface area contributed by atoms with E-state index in [1.807, 2.05) is 37.0 Å². The number of furan rings is 1. The second kappa shape index (κ2) is 5.19. The molecule has 0 fully saturated rings. The van der Waals surface area contributed by atoms with Crippen LogP contribution in [0, 0.1) is 6.92 Å². The Labute approximate surface area is 102 Å². The zero-order valence-corrected chi connectivity index (χ0v) is 10.7. The predicted octanol–water partition coefficient (Wildman–Crippen LogP) is 2.49. The molecule has 0 unspecified atom stereocenters. The average molecular weight is 233 g/mol. The monoisotopic (exact) mass is 233 g/mol. The number of nitrogens with zero attached hydrogens (tertiary/aromatic N) is 2. The highest BCUT2D eigenvalue weighted by Crippen LogP contribution is 2.24. The minimum atomic E-state index is 0.785. The van der Waals surface area contributed by atoms with Gasteiger partial charge in [-0.3, -0.25) is 4.68 Å². The molecule has 0 amide bonds. The third kappa shape index (κ3) is 2.77. The highest BCUT2D eigenvalue weighted by molar-refractivity contribution is 5.59. The van der Waals surface area contributed by atoms with Crippen LogP contribution in [0.1, 0.15) is 24.8 Å². The largest absolute Gasteiger partial charge is 0.460 e. The smallest absolute Gasteiger partial charge is 0.137 e. The first kappa shape index (κ1) is 11.9. The fourth-order valence-corrected chi connectivity index (χ4v) is 1.85. The summed E-state index contributed by atoms with van der Waals surface area (Å²) in [5, 5.41) is 7.63. The minimum Gasteiger partial charge on any atom is -0.460 e. The van der Waals surface area contributed by atoms with E-state index in [0.29, 0.717) is 0 Å². The molecule has 2 aromatic heterocycles. The van der Waals surface area contributed by atoms with E-state index in [1.165, 1.54) is 0 Å². The van der Waals surface area contributed by atoms with E-state index in [2.05, 4.69) is 17.3 Å². The molecule has 0 aliphatic rings. The van der Waals surface area contributed by atoms with Crippen molar-refractivity contribution in [1.29, 1.82) is 0 Å². The zero-order chi connectivity index (χ0) is 12.3. The second-order valence-electron chi connectivity index (χ2n) is 4.24. The Morgan fingerprint density at radius 1 is 1.41 bits per heavy atom. The lowest BCUT2D eigenvalue weighted by atomic mass is 10.2. The maximum absolute atomic E-state index is 5.79. The summed E-state index contributed by atoms with van der Waals surface area (Å²) in [5.74, 6) is 1.86. The number of hydrogen-bond acceptors (Lipinski definition) is 3. The quantitative estimate of drug-likeness (QED) is 0.807. The molecular weight excluding hydrogens is 214 g/mol. The summed E-state index contributed by atoms with van der Waals surface area (Å²) in [4.78, 5) is 0. The van der Waals surface area contributed by atoms with Gasteiger partial charge in [-0.05, 0) is 32.0 Å². The topological polar surface area (TPSA) is 43.0 Å². The van der Waals surface area contributed by atoms with Crippen LogP contribution in [0.3, 0.4) is 0 Å². The van der Waals surface area contributed by atoms with Gasteiger partial charge in [-0.2, -0.15) is 5.10 Å². The predicted molar refractivity (Wildman–Crippen MR) is 67.6 cm³/mol. The van der Waals surface area contributed by atoms with Crippen molar-refractivity contribution in [3.8, 4) is 11.3 Å². The maximum Gasteiger partial charge on any atom is 0.137 e. The lowest BCUT2D eigenvalue weighted by Gasteiger charge is -1.99. The molecule has 0 saturated carbocycles. The molecule has 2 heterocycles. The molecule has 4 heteroatoms. The molecule has 0 spiro atoms. The van der Waals surface area contributed by atoms with Gasteiger partial charge in [0.15, 0.2) is 0 Å². The summed E-state index contributed by atoms with van der Waals surface area (Å²) in [5.41, 5.74) is 2.06. The SMILES string of the molecule is CCCNCc1ccc(-c2cn(C)nc2C)o1. The molecule has 0 aliphatic heterocycles. The number of aromatic nitrogens is 2. The molecule has 2 aromatic rings. The molecule has 0 aliphatic carbocycles. The lowest BCUT2D eigenvalue weighted by molar-refractivity contribution is 0.493. The van der Waals surface area contributed by atoms with Crippen molar-refractivity contribution in [2.45, 2.75) is 26.8 Å². The molecule has 0 saturated heterocycles. The molecule has 0 aromatic carbocycles. The van der Waals surface area contributed by atoms with Crippen molar-refractivity contribution >= 4 is 0 Å². The Morgan fingerprint density at radius 2 is 2.24 bits per heavy atom. The van der Waals surface area contributed by atoms with E-state index in [4.69, 9.17) is 4.42 Å². The van der Waals surface area contributed by atoms with E-state index in [9.17, 15) is 0 Å². The Bertz CT molecular complexity index is 485. The molecule has 1 N–H and O–H groups in total. The highest BCUT2D eigenvalue weighted by atomic mass is 16.3. The van der Waals surface area contributed by atoms with Crippen molar-refractivity contribution in [2.24, 2.45) is 7.05 Å². The van der Waals surface area contributed by atoms with Gasteiger partial charge in [-0.1, -0.05) is 6.92 Å². The first-order valence-electron chi connectivity index (χ1n) is 6.00. The first-order chi connectivity index (χ1) is 8.20. The van der Waals surface area contributed by atoms with Crippen molar-refractivity contribution in [1.82, 2.24) is 15.1 Å². The van der Waals surface area contributed by atoms with Crippen molar-refractivity contribution in [3.63, 3.8) is 0 Å². The van der Waals surface area contributed by atoms with Gasteiger partial charge in [0.2, 0.25) is 0 Å². The Balaban J connectivity index is 2.10. The first-order valence-corrected chi connectivity index (χ1v) is 6.00. The number of aryl methyl sites for hydroxylation is 2. The van der Waals surface area contributed by atoms with Crippen molar-refractivity contribution in [3.05, 3.63) is 29.8 Å². The summed E-state index contributed by atoms with van der Waals surface area (Å²) in [7, 11) is 1.92. The fourth-order valence-electron chi connectivity index (χ4n) is 1.85. The molecule has 17 heavy (non-hydrogen) atoms. The van der Waals surface area contributed by atoms with Crippen LogP contribution >= 0.6 is 0 Å². The van der Waals surface area contributed by atoms with E-state index < -0.39 is 0 Å². The standard InChI is InChI=1S/C13H19N3O/c1-4-7-14-8-11-5-6-13(17-11)12-9-16(3)15-10(12)2/h5-6,9,14H,4,7-8H2,1-3H3.